The maximum absolute atomic E-state index is 6.13. The van der Waals surface area contributed by atoms with E-state index in [1.807, 2.05) is 30.0 Å². The Morgan fingerprint density at radius 1 is 1.04 bits per heavy atom. The second-order valence-corrected chi connectivity index (χ2v) is 7.85. The van der Waals surface area contributed by atoms with Crippen molar-refractivity contribution in [1.29, 1.82) is 0 Å². The Hall–Kier alpha value is -0.670. The molecule has 23 heavy (non-hydrogen) atoms. The van der Waals surface area contributed by atoms with Gasteiger partial charge in [-0.15, -0.1) is 0 Å². The van der Waals surface area contributed by atoms with E-state index in [0.29, 0.717) is 10.3 Å². The third-order valence-corrected chi connectivity index (χ3v) is 5.60. The van der Waals surface area contributed by atoms with Gasteiger partial charge in [0.2, 0.25) is 0 Å². The Kier molecular flexibility index (Phi) is 7.78. The summed E-state index contributed by atoms with van der Waals surface area (Å²) in [5.74, 6) is 0.948. The van der Waals surface area contributed by atoms with Crippen molar-refractivity contribution >= 4 is 35.0 Å². The lowest BCUT2D eigenvalue weighted by molar-refractivity contribution is 0.670. The number of hydrogen-bond donors (Lipinski definition) is 1. The van der Waals surface area contributed by atoms with Crippen LogP contribution in [0.2, 0.25) is 10.0 Å². The summed E-state index contributed by atoms with van der Waals surface area (Å²) >= 11 is 13.9. The zero-order valence-corrected chi connectivity index (χ0v) is 15.9. The topological polar surface area (TPSA) is 12.0 Å². The van der Waals surface area contributed by atoms with Gasteiger partial charge in [0, 0.05) is 21.0 Å². The molecule has 0 bridgehead atoms. The van der Waals surface area contributed by atoms with Gasteiger partial charge >= 0.3 is 0 Å². The van der Waals surface area contributed by atoms with Crippen molar-refractivity contribution < 1.29 is 0 Å². The molecule has 0 fully saturated rings. The maximum Gasteiger partial charge on any atom is 0.0461 e. The number of thioether (sulfide) groups is 1. The van der Waals surface area contributed by atoms with Crippen LogP contribution < -0.4 is 5.32 Å². The summed E-state index contributed by atoms with van der Waals surface area (Å²) in [5, 5.41) is 8.30. The molecule has 2 aliphatic rings. The Labute approximate surface area is 153 Å². The van der Waals surface area contributed by atoms with Gasteiger partial charge in [0.1, 0.15) is 0 Å². The Morgan fingerprint density at radius 3 is 2.17 bits per heavy atom. The number of benzene rings is 2. The van der Waals surface area contributed by atoms with Crippen molar-refractivity contribution in [2.75, 3.05) is 13.1 Å². The first kappa shape index (κ1) is 18.7. The quantitative estimate of drug-likeness (QED) is 0.521. The molecule has 0 spiro atoms. The highest BCUT2D eigenvalue weighted by Gasteiger charge is 2.06. The normalized spacial score (nSPS) is 12.3. The summed E-state index contributed by atoms with van der Waals surface area (Å²) in [6.45, 7) is 6.51. The minimum absolute atomic E-state index is 0.640. The Bertz CT molecular complexity index is 667. The summed E-state index contributed by atoms with van der Waals surface area (Å²) in [4.78, 5) is 0. The first-order valence-corrected chi connectivity index (χ1v) is 9.77. The largest absolute Gasteiger partial charge is 0.317 e. The molecule has 1 N–H and O–H groups in total. The average molecular weight is 368 g/mol. The second-order valence-electron chi connectivity index (χ2n) is 5.58. The van der Waals surface area contributed by atoms with Gasteiger partial charge in [0.25, 0.3) is 0 Å². The summed E-state index contributed by atoms with van der Waals surface area (Å²) in [7, 11) is 0. The van der Waals surface area contributed by atoms with E-state index in [9.17, 15) is 0 Å². The minimum atomic E-state index is 0.640. The number of rotatable bonds is 7. The standard InChI is InChI=1S/C13H19Cl2NS.C6H4/c1-3-16-7-6-10(2)17-9-11-4-5-12(14)8-13(11)15;1-2-6-4-3-5(1)6/h4-5,8,10,16H,3,6-7,9H2,1-2H3;1-4H. The zero-order chi connectivity index (χ0) is 16.7. The highest BCUT2D eigenvalue weighted by molar-refractivity contribution is 7.99. The van der Waals surface area contributed by atoms with E-state index in [4.69, 9.17) is 23.2 Å². The summed E-state index contributed by atoms with van der Waals surface area (Å²) in [5.41, 5.74) is 1.16. The van der Waals surface area contributed by atoms with E-state index in [1.165, 1.54) is 16.9 Å². The molecule has 0 aliphatic heterocycles. The van der Waals surface area contributed by atoms with Crippen molar-refractivity contribution in [2.45, 2.75) is 31.3 Å². The van der Waals surface area contributed by atoms with Gasteiger partial charge in [0.05, 0.1) is 0 Å². The first-order chi connectivity index (χ1) is 11.1. The maximum atomic E-state index is 6.13. The van der Waals surface area contributed by atoms with E-state index in [2.05, 4.69) is 43.4 Å². The van der Waals surface area contributed by atoms with Gasteiger partial charge in [-0.1, -0.05) is 67.4 Å². The zero-order valence-electron chi connectivity index (χ0n) is 13.6. The Morgan fingerprint density at radius 2 is 1.70 bits per heavy atom. The van der Waals surface area contributed by atoms with Crippen LogP contribution >= 0.6 is 35.0 Å². The smallest absolute Gasteiger partial charge is 0.0461 e. The fourth-order valence-electron chi connectivity index (χ4n) is 2.10. The molecule has 0 saturated carbocycles. The van der Waals surface area contributed by atoms with Crippen LogP contribution in [-0.2, 0) is 5.75 Å². The van der Waals surface area contributed by atoms with Crippen LogP contribution in [0.25, 0.3) is 0 Å². The van der Waals surface area contributed by atoms with Crippen molar-refractivity contribution in [1.82, 2.24) is 5.32 Å². The number of nitrogens with one attached hydrogen (secondary N) is 1. The summed E-state index contributed by atoms with van der Waals surface area (Å²) in [6, 6.07) is 14.2. The van der Waals surface area contributed by atoms with Crippen LogP contribution in [0.3, 0.4) is 0 Å². The fraction of sp³-hybridized carbons (Fsp3) is 0.368. The predicted octanol–water partition coefficient (Wildman–Crippen LogP) is 5.90. The highest BCUT2D eigenvalue weighted by atomic mass is 35.5. The molecule has 0 saturated heterocycles. The van der Waals surface area contributed by atoms with Crippen molar-refractivity contribution in [3.8, 4) is 0 Å². The molecule has 0 radical (unpaired) electrons. The van der Waals surface area contributed by atoms with E-state index in [1.54, 1.807) is 0 Å². The fourth-order valence-corrected chi connectivity index (χ4v) is 3.65. The van der Waals surface area contributed by atoms with Crippen LogP contribution in [0, 0.1) is 10.4 Å². The monoisotopic (exact) mass is 367 g/mol. The van der Waals surface area contributed by atoms with E-state index in [0.717, 1.165) is 29.4 Å². The van der Waals surface area contributed by atoms with Crippen LogP contribution in [0.4, 0.5) is 0 Å². The van der Waals surface area contributed by atoms with E-state index in [-0.39, 0.29) is 0 Å². The predicted molar refractivity (Wildman–Crippen MR) is 104 cm³/mol. The molecular weight excluding hydrogens is 345 g/mol. The molecule has 1 unspecified atom stereocenters. The molecule has 0 heterocycles. The van der Waals surface area contributed by atoms with E-state index < -0.39 is 0 Å². The summed E-state index contributed by atoms with van der Waals surface area (Å²) < 4.78 is 0. The van der Waals surface area contributed by atoms with Gasteiger partial charge in [0.15, 0.2) is 0 Å². The summed E-state index contributed by atoms with van der Waals surface area (Å²) in [6.07, 6.45) is 1.18. The third-order valence-electron chi connectivity index (χ3n) is 3.73. The second kappa shape index (κ2) is 9.58. The molecule has 1 atom stereocenters. The van der Waals surface area contributed by atoms with E-state index >= 15 is 0 Å². The SMILES string of the molecule is CCNCCC(C)SCc1ccc(Cl)cc1Cl.c1cc2ccc1=2. The lowest BCUT2D eigenvalue weighted by Gasteiger charge is -2.12. The van der Waals surface area contributed by atoms with Gasteiger partial charge < -0.3 is 5.32 Å². The van der Waals surface area contributed by atoms with Gasteiger partial charge in [-0.05, 0) is 47.6 Å². The van der Waals surface area contributed by atoms with Gasteiger partial charge in [-0.25, -0.2) is 0 Å². The molecule has 1 nitrogen and oxygen atoms in total. The van der Waals surface area contributed by atoms with Crippen LogP contribution in [0.15, 0.2) is 42.5 Å². The lowest BCUT2D eigenvalue weighted by Crippen LogP contribution is -2.17. The molecular formula is C19H23Cl2NS. The van der Waals surface area contributed by atoms with Gasteiger partial charge in [-0.3, -0.25) is 0 Å². The number of halogens is 2. The van der Waals surface area contributed by atoms with Crippen molar-refractivity contribution in [2.24, 2.45) is 0 Å². The molecule has 1 aromatic carbocycles. The molecule has 4 heteroatoms. The van der Waals surface area contributed by atoms with Crippen LogP contribution in [0.1, 0.15) is 25.8 Å². The molecule has 0 amide bonds. The molecule has 3 rings (SSSR count). The van der Waals surface area contributed by atoms with Crippen molar-refractivity contribution in [3.63, 3.8) is 0 Å². The highest BCUT2D eigenvalue weighted by Crippen LogP contribution is 2.27. The molecule has 124 valence electrons. The third kappa shape index (κ3) is 6.04. The lowest BCUT2D eigenvalue weighted by atomic mass is 10.1. The average Bonchev–Trinajstić information content (AvgIpc) is 2.51. The first-order valence-electron chi connectivity index (χ1n) is 7.97. The number of hydrogen-bond acceptors (Lipinski definition) is 2. The molecule has 2 aliphatic carbocycles. The molecule has 0 aromatic heterocycles. The molecule has 1 aromatic rings. The minimum Gasteiger partial charge on any atom is -0.317 e. The van der Waals surface area contributed by atoms with Crippen LogP contribution in [-0.4, -0.2) is 18.3 Å². The Balaban J connectivity index is 0.000000260. The van der Waals surface area contributed by atoms with Crippen molar-refractivity contribution in [3.05, 3.63) is 68.5 Å². The van der Waals surface area contributed by atoms with Gasteiger partial charge in [-0.2, -0.15) is 11.8 Å². The van der Waals surface area contributed by atoms with Crippen LogP contribution in [0.5, 0.6) is 0 Å².